The SMILES string of the molecule is CC(c1cccc(F)c1)n1c(CCl)nc2ccc(Cl)cc21. The van der Waals surface area contributed by atoms with Gasteiger partial charge in [0.25, 0.3) is 0 Å². The fourth-order valence-corrected chi connectivity index (χ4v) is 2.91. The van der Waals surface area contributed by atoms with Crippen molar-refractivity contribution in [1.29, 1.82) is 0 Å². The highest BCUT2D eigenvalue weighted by Crippen LogP contribution is 2.28. The standard InChI is InChI=1S/C16H13Cl2FN2/c1-10(11-3-2-4-13(19)7-11)21-15-8-12(18)5-6-14(15)20-16(21)9-17/h2-8,10H,9H2,1H3. The van der Waals surface area contributed by atoms with E-state index in [1.807, 2.05) is 29.7 Å². The summed E-state index contributed by atoms with van der Waals surface area (Å²) in [6, 6.07) is 12.0. The van der Waals surface area contributed by atoms with Crippen LogP contribution in [0.2, 0.25) is 5.02 Å². The lowest BCUT2D eigenvalue weighted by Crippen LogP contribution is -2.10. The van der Waals surface area contributed by atoms with Crippen molar-refractivity contribution in [1.82, 2.24) is 9.55 Å². The topological polar surface area (TPSA) is 17.8 Å². The lowest BCUT2D eigenvalue weighted by molar-refractivity contribution is 0.603. The van der Waals surface area contributed by atoms with E-state index in [4.69, 9.17) is 23.2 Å². The summed E-state index contributed by atoms with van der Waals surface area (Å²) in [5.74, 6) is 0.770. The van der Waals surface area contributed by atoms with Gasteiger partial charge in [0.2, 0.25) is 0 Å². The molecule has 0 aliphatic heterocycles. The van der Waals surface area contributed by atoms with E-state index in [9.17, 15) is 4.39 Å². The Morgan fingerprint density at radius 1 is 1.24 bits per heavy atom. The predicted octanol–water partition coefficient (Wildman–Crippen LogP) is 5.18. The second-order valence-electron chi connectivity index (χ2n) is 4.90. The lowest BCUT2D eigenvalue weighted by Gasteiger charge is -2.17. The number of halogens is 3. The van der Waals surface area contributed by atoms with Crippen LogP contribution in [0.4, 0.5) is 4.39 Å². The molecule has 0 spiro atoms. The van der Waals surface area contributed by atoms with E-state index in [-0.39, 0.29) is 17.7 Å². The minimum Gasteiger partial charge on any atom is -0.320 e. The van der Waals surface area contributed by atoms with E-state index >= 15 is 0 Å². The van der Waals surface area contributed by atoms with Crippen molar-refractivity contribution in [3.8, 4) is 0 Å². The quantitative estimate of drug-likeness (QED) is 0.608. The van der Waals surface area contributed by atoms with Gasteiger partial charge >= 0.3 is 0 Å². The molecule has 5 heteroatoms. The maximum Gasteiger partial charge on any atom is 0.125 e. The van der Waals surface area contributed by atoms with Gasteiger partial charge in [0, 0.05) is 5.02 Å². The maximum absolute atomic E-state index is 13.5. The fourth-order valence-electron chi connectivity index (χ4n) is 2.56. The van der Waals surface area contributed by atoms with E-state index < -0.39 is 0 Å². The molecule has 0 amide bonds. The van der Waals surface area contributed by atoms with Gasteiger partial charge in [-0.25, -0.2) is 9.37 Å². The number of aromatic nitrogens is 2. The molecule has 2 nitrogen and oxygen atoms in total. The van der Waals surface area contributed by atoms with Gasteiger partial charge in [-0.15, -0.1) is 11.6 Å². The van der Waals surface area contributed by atoms with Crippen LogP contribution >= 0.6 is 23.2 Å². The second kappa shape index (κ2) is 5.66. The molecule has 1 heterocycles. The zero-order chi connectivity index (χ0) is 15.0. The van der Waals surface area contributed by atoms with Crippen LogP contribution in [0.15, 0.2) is 42.5 Å². The molecular weight excluding hydrogens is 310 g/mol. The first-order valence-electron chi connectivity index (χ1n) is 6.58. The Labute approximate surface area is 132 Å². The molecule has 2 aromatic carbocycles. The molecule has 0 saturated carbocycles. The van der Waals surface area contributed by atoms with Crippen LogP contribution in [0.1, 0.15) is 24.4 Å². The zero-order valence-electron chi connectivity index (χ0n) is 11.4. The maximum atomic E-state index is 13.5. The molecule has 0 bridgehead atoms. The average molecular weight is 323 g/mol. The number of benzene rings is 2. The highest BCUT2D eigenvalue weighted by atomic mass is 35.5. The molecule has 3 aromatic rings. The van der Waals surface area contributed by atoms with Crippen LogP contribution in [0.3, 0.4) is 0 Å². The molecule has 0 aliphatic rings. The van der Waals surface area contributed by atoms with E-state index in [0.29, 0.717) is 5.02 Å². The molecule has 0 aliphatic carbocycles. The summed E-state index contributed by atoms with van der Waals surface area (Å²) in [4.78, 5) is 4.52. The largest absolute Gasteiger partial charge is 0.320 e. The Morgan fingerprint density at radius 2 is 2.05 bits per heavy atom. The Hall–Kier alpha value is -1.58. The summed E-state index contributed by atoms with van der Waals surface area (Å²) in [6.07, 6.45) is 0. The van der Waals surface area contributed by atoms with Crippen LogP contribution < -0.4 is 0 Å². The van der Waals surface area contributed by atoms with Crippen molar-refractivity contribution in [2.45, 2.75) is 18.8 Å². The third-order valence-corrected chi connectivity index (χ3v) is 4.04. The van der Waals surface area contributed by atoms with Crippen LogP contribution in [-0.2, 0) is 5.88 Å². The van der Waals surface area contributed by atoms with E-state index in [1.54, 1.807) is 12.1 Å². The van der Waals surface area contributed by atoms with Crippen LogP contribution in [0.5, 0.6) is 0 Å². The highest BCUT2D eigenvalue weighted by molar-refractivity contribution is 6.31. The monoisotopic (exact) mass is 322 g/mol. The number of hydrogen-bond donors (Lipinski definition) is 0. The molecule has 108 valence electrons. The number of rotatable bonds is 3. The number of alkyl halides is 1. The van der Waals surface area contributed by atoms with Gasteiger partial charge in [-0.3, -0.25) is 0 Å². The van der Waals surface area contributed by atoms with Gasteiger partial charge in [0.15, 0.2) is 0 Å². The van der Waals surface area contributed by atoms with Gasteiger partial charge < -0.3 is 4.57 Å². The third kappa shape index (κ3) is 2.63. The van der Waals surface area contributed by atoms with Gasteiger partial charge in [-0.05, 0) is 42.8 Å². The minimum absolute atomic E-state index is 0.0853. The van der Waals surface area contributed by atoms with E-state index in [1.165, 1.54) is 12.1 Å². The van der Waals surface area contributed by atoms with Crippen molar-refractivity contribution in [3.05, 3.63) is 64.7 Å². The smallest absolute Gasteiger partial charge is 0.125 e. The molecule has 0 N–H and O–H groups in total. The molecule has 1 aromatic heterocycles. The van der Waals surface area contributed by atoms with Gasteiger partial charge in [0.1, 0.15) is 11.6 Å². The average Bonchev–Trinajstić information content (AvgIpc) is 2.84. The molecule has 1 atom stereocenters. The van der Waals surface area contributed by atoms with Crippen molar-refractivity contribution >= 4 is 34.2 Å². The molecule has 3 rings (SSSR count). The van der Waals surface area contributed by atoms with Crippen molar-refractivity contribution in [3.63, 3.8) is 0 Å². The Balaban J connectivity index is 2.20. The highest BCUT2D eigenvalue weighted by Gasteiger charge is 2.17. The third-order valence-electron chi connectivity index (χ3n) is 3.56. The molecule has 21 heavy (non-hydrogen) atoms. The van der Waals surface area contributed by atoms with Gasteiger partial charge in [0.05, 0.1) is 23.0 Å². The Morgan fingerprint density at radius 3 is 2.76 bits per heavy atom. The minimum atomic E-state index is -0.255. The molecule has 0 saturated heterocycles. The summed E-state index contributed by atoms with van der Waals surface area (Å²) in [5.41, 5.74) is 2.59. The van der Waals surface area contributed by atoms with Crippen molar-refractivity contribution in [2.75, 3.05) is 0 Å². The molecular formula is C16H13Cl2FN2. The summed E-state index contributed by atoms with van der Waals surface area (Å²) >= 11 is 12.1. The number of nitrogens with zero attached hydrogens (tertiary/aromatic N) is 2. The first kappa shape index (κ1) is 14.4. The number of imidazole rings is 1. The fraction of sp³-hybridized carbons (Fsp3) is 0.188. The van der Waals surface area contributed by atoms with Crippen LogP contribution in [0, 0.1) is 5.82 Å². The van der Waals surface area contributed by atoms with Crippen LogP contribution in [0.25, 0.3) is 11.0 Å². The van der Waals surface area contributed by atoms with E-state index in [0.717, 1.165) is 22.4 Å². The van der Waals surface area contributed by atoms with E-state index in [2.05, 4.69) is 4.98 Å². The molecule has 0 radical (unpaired) electrons. The van der Waals surface area contributed by atoms with Gasteiger partial charge in [-0.1, -0.05) is 23.7 Å². The normalized spacial score (nSPS) is 12.8. The lowest BCUT2D eigenvalue weighted by atomic mass is 10.1. The van der Waals surface area contributed by atoms with Gasteiger partial charge in [-0.2, -0.15) is 0 Å². The molecule has 1 unspecified atom stereocenters. The Kier molecular flexibility index (Phi) is 3.87. The molecule has 0 fully saturated rings. The van der Waals surface area contributed by atoms with Crippen LogP contribution in [-0.4, -0.2) is 9.55 Å². The first-order chi connectivity index (χ1) is 10.1. The van der Waals surface area contributed by atoms with Crippen molar-refractivity contribution in [2.24, 2.45) is 0 Å². The summed E-state index contributed by atoms with van der Waals surface area (Å²) in [5, 5.41) is 0.635. The predicted molar refractivity (Wildman–Crippen MR) is 84.5 cm³/mol. The second-order valence-corrected chi connectivity index (χ2v) is 5.60. The summed E-state index contributed by atoms with van der Waals surface area (Å²) < 4.78 is 15.5. The summed E-state index contributed by atoms with van der Waals surface area (Å²) in [6.45, 7) is 1.99. The Bertz CT molecular complexity index is 798. The first-order valence-corrected chi connectivity index (χ1v) is 7.49. The number of fused-ring (bicyclic) bond motifs is 1. The zero-order valence-corrected chi connectivity index (χ0v) is 12.9. The number of hydrogen-bond acceptors (Lipinski definition) is 1. The van der Waals surface area contributed by atoms with Crippen molar-refractivity contribution < 1.29 is 4.39 Å². The summed E-state index contributed by atoms with van der Waals surface area (Å²) in [7, 11) is 0.